The maximum absolute atomic E-state index is 12.0. The molecule has 1 radical (unpaired) electrons. The third-order valence-corrected chi connectivity index (χ3v) is 2.72. The van der Waals surface area contributed by atoms with Crippen LogP contribution in [0.4, 0.5) is 0 Å². The van der Waals surface area contributed by atoms with Gasteiger partial charge in [-0.15, -0.1) is 0 Å². The summed E-state index contributed by atoms with van der Waals surface area (Å²) in [6.07, 6.45) is -0.796. The molecule has 3 nitrogen and oxygen atoms in total. The lowest BCUT2D eigenvalue weighted by molar-refractivity contribution is 0.0319. The fourth-order valence-corrected chi connectivity index (χ4v) is 1.69. The first-order chi connectivity index (χ1) is 10.6. The van der Waals surface area contributed by atoms with E-state index in [1.165, 1.54) is 7.53 Å². The summed E-state index contributed by atoms with van der Waals surface area (Å²) < 4.78 is 11.2. The highest BCUT2D eigenvalue weighted by atomic mass is 31.0. The first kappa shape index (κ1) is 15.5. The van der Waals surface area contributed by atoms with Crippen molar-refractivity contribution in [2.45, 2.75) is 13.0 Å². The van der Waals surface area contributed by atoms with Crippen molar-refractivity contribution < 1.29 is 14.3 Å². The van der Waals surface area contributed by atoms with Crippen molar-refractivity contribution >= 4 is 28.4 Å². The molecule has 2 aromatic rings. The maximum Gasteiger partial charge on any atom is 0.338 e. The van der Waals surface area contributed by atoms with Gasteiger partial charge in [0, 0.05) is 5.56 Å². The summed E-state index contributed by atoms with van der Waals surface area (Å²) in [5, 5.41) is 0. The summed E-state index contributed by atoms with van der Waals surface area (Å²) in [6, 6.07) is 17.4. The van der Waals surface area contributed by atoms with E-state index in [0.717, 1.165) is 0 Å². The topological polar surface area (TPSA) is 43.4 Å². The largest absolute Gasteiger partial charge is 0.451 e. The third-order valence-electron chi connectivity index (χ3n) is 2.72. The number of carbonyl (C=O) groups is 2. The van der Waals surface area contributed by atoms with Gasteiger partial charge in [0.15, 0.2) is 6.10 Å². The highest BCUT2D eigenvalue weighted by molar-refractivity contribution is 7.49. The van der Waals surface area contributed by atoms with Crippen LogP contribution in [0, 0.1) is 0 Å². The number of esters is 1. The Labute approximate surface area is 129 Å². The SMILES string of the molecule is CC(OC(=O)c1ccccc1)C(=O)c1ccccc1.[3H][B]P. The van der Waals surface area contributed by atoms with Crippen molar-refractivity contribution in [3.63, 3.8) is 0 Å². The summed E-state index contributed by atoms with van der Waals surface area (Å²) in [5.41, 5.74) is 0.978. The van der Waals surface area contributed by atoms with E-state index >= 15 is 0 Å². The number of carbonyl (C=O) groups excluding carboxylic acids is 2. The van der Waals surface area contributed by atoms with Crippen LogP contribution in [-0.4, -0.2) is 26.7 Å². The molecule has 0 saturated carbocycles. The van der Waals surface area contributed by atoms with Gasteiger partial charge < -0.3 is 4.74 Å². The lowest BCUT2D eigenvalue weighted by Crippen LogP contribution is -2.24. The van der Waals surface area contributed by atoms with Crippen LogP contribution < -0.4 is 0 Å². The lowest BCUT2D eigenvalue weighted by Gasteiger charge is -2.12. The van der Waals surface area contributed by atoms with Gasteiger partial charge in [-0.25, -0.2) is 4.79 Å². The number of rotatable bonds is 4. The number of ketones is 1. The van der Waals surface area contributed by atoms with Gasteiger partial charge in [0.05, 0.1) is 5.56 Å². The van der Waals surface area contributed by atoms with Crippen LogP contribution in [0.15, 0.2) is 60.7 Å². The van der Waals surface area contributed by atoms with Gasteiger partial charge >= 0.3 is 5.97 Å². The van der Waals surface area contributed by atoms with Crippen LogP contribution in [0.2, 0.25) is 0 Å². The summed E-state index contributed by atoms with van der Waals surface area (Å²) in [4.78, 5) is 23.9. The molecule has 107 valence electrons. The number of ether oxygens (including phenoxy) is 1. The van der Waals surface area contributed by atoms with Gasteiger partial charge in [0.25, 0.3) is 0 Å². The molecule has 2 atom stereocenters. The zero-order chi connectivity index (χ0) is 16.4. The predicted octanol–water partition coefficient (Wildman–Crippen LogP) is 2.79. The van der Waals surface area contributed by atoms with Crippen LogP contribution in [-0.2, 0) is 4.74 Å². The second kappa shape index (κ2) is 9.09. The Morgan fingerprint density at radius 1 is 1.05 bits per heavy atom. The van der Waals surface area contributed by atoms with Crippen LogP contribution in [0.5, 0.6) is 0 Å². The van der Waals surface area contributed by atoms with Gasteiger partial charge in [-0.3, -0.25) is 4.79 Å². The van der Waals surface area contributed by atoms with Crippen LogP contribution >= 0.6 is 9.12 Å². The van der Waals surface area contributed by atoms with Gasteiger partial charge in [-0.2, -0.15) is 9.12 Å². The second-order valence-electron chi connectivity index (χ2n) is 4.14. The van der Waals surface area contributed by atoms with Gasteiger partial charge in [0.1, 0.15) is 7.53 Å². The molecular formula is C16H17BO3P. The van der Waals surface area contributed by atoms with Crippen LogP contribution in [0.25, 0.3) is 0 Å². The molecule has 21 heavy (non-hydrogen) atoms. The minimum atomic E-state index is -0.796. The summed E-state index contributed by atoms with van der Waals surface area (Å²) in [6.45, 7) is 1.58. The van der Waals surface area contributed by atoms with E-state index in [1.807, 2.05) is 12.1 Å². The average Bonchev–Trinajstić information content (AvgIpc) is 2.56. The fraction of sp³-hybridized carbons (Fsp3) is 0.125. The minimum absolute atomic E-state index is 0.204. The van der Waals surface area contributed by atoms with E-state index in [9.17, 15) is 9.59 Å². The molecule has 0 amide bonds. The molecule has 2 rings (SSSR count). The molecule has 0 aliphatic carbocycles. The first-order valence-corrected chi connectivity index (χ1v) is 7.04. The Hall–Kier alpha value is -1.93. The summed E-state index contributed by atoms with van der Waals surface area (Å²) >= 11 is 0. The van der Waals surface area contributed by atoms with Gasteiger partial charge in [-0.1, -0.05) is 48.5 Å². The van der Waals surface area contributed by atoms with E-state index in [-0.39, 0.29) is 5.78 Å². The molecule has 2 unspecified atom stereocenters. The Balaban J connectivity index is 0.000000745. The molecular weight excluding hydrogens is 282 g/mol. The number of benzene rings is 2. The van der Waals surface area contributed by atoms with E-state index in [4.69, 9.17) is 6.07 Å². The zero-order valence-electron chi connectivity index (χ0n) is 12.7. The first-order valence-electron chi connectivity index (χ1n) is 6.95. The van der Waals surface area contributed by atoms with Crippen molar-refractivity contribution in [1.29, 1.82) is 1.34 Å². The van der Waals surface area contributed by atoms with Gasteiger partial charge in [0.2, 0.25) is 5.78 Å². The van der Waals surface area contributed by atoms with Crippen molar-refractivity contribution in [2.24, 2.45) is 0 Å². The zero-order valence-corrected chi connectivity index (χ0v) is 12.9. The van der Waals surface area contributed by atoms with Crippen molar-refractivity contribution in [3.8, 4) is 0 Å². The molecule has 0 bridgehead atoms. The normalized spacial score (nSPS) is 11.2. The highest BCUT2D eigenvalue weighted by Gasteiger charge is 2.19. The molecule has 0 heterocycles. The highest BCUT2D eigenvalue weighted by Crippen LogP contribution is 2.09. The van der Waals surface area contributed by atoms with Crippen molar-refractivity contribution in [3.05, 3.63) is 71.8 Å². The quantitative estimate of drug-likeness (QED) is 0.377. The Bertz CT molecular complexity index is 593. The summed E-state index contributed by atoms with van der Waals surface area (Å²) in [7, 11) is 3.29. The lowest BCUT2D eigenvalue weighted by atomic mass is 10.1. The minimum Gasteiger partial charge on any atom is -0.451 e. The van der Waals surface area contributed by atoms with Crippen LogP contribution in [0.3, 0.4) is 0 Å². The van der Waals surface area contributed by atoms with Gasteiger partial charge in [-0.05, 0) is 20.4 Å². The predicted molar refractivity (Wildman–Crippen MR) is 89.0 cm³/mol. The molecule has 0 N–H and O–H groups in total. The third kappa shape index (κ3) is 5.16. The molecule has 0 saturated heterocycles. The molecule has 0 spiro atoms. The van der Waals surface area contributed by atoms with E-state index in [2.05, 4.69) is 9.12 Å². The maximum atomic E-state index is 12.0. The van der Waals surface area contributed by atoms with E-state index in [0.29, 0.717) is 11.1 Å². The molecule has 2 aromatic carbocycles. The average molecular weight is 301 g/mol. The molecule has 0 aromatic heterocycles. The monoisotopic (exact) mass is 301 g/mol. The Morgan fingerprint density at radius 3 is 1.95 bits per heavy atom. The second-order valence-corrected chi connectivity index (χ2v) is 4.14. The molecule has 0 fully saturated rings. The number of hydrogen-bond donors (Lipinski definition) is 0. The van der Waals surface area contributed by atoms with Crippen molar-refractivity contribution in [1.82, 2.24) is 0 Å². The Morgan fingerprint density at radius 2 is 1.48 bits per heavy atom. The van der Waals surface area contributed by atoms with E-state index in [1.54, 1.807) is 55.5 Å². The fourth-order valence-electron chi connectivity index (χ4n) is 1.69. The van der Waals surface area contributed by atoms with Crippen molar-refractivity contribution in [2.75, 3.05) is 0 Å². The summed E-state index contributed by atoms with van der Waals surface area (Å²) in [5.74, 6) is -0.692. The number of hydrogen-bond acceptors (Lipinski definition) is 3. The van der Waals surface area contributed by atoms with E-state index < -0.39 is 12.1 Å². The molecule has 0 aliphatic rings. The number of Topliss-reactive ketones (excluding diaryl/α,β-unsaturated/α-hetero) is 1. The van der Waals surface area contributed by atoms with Crippen LogP contribution in [0.1, 0.15) is 27.6 Å². The molecule has 0 aliphatic heterocycles. The smallest absolute Gasteiger partial charge is 0.338 e. The molecule has 5 heteroatoms. The standard InChI is InChI=1S/C16H14O3.BH3P/c1-12(15(17)13-8-4-2-5-9-13)19-16(18)14-10-6-3-7-11-14;1-2/h2-12H,1H3;1H,2H2/i;1T. The Kier molecular flexibility index (Phi) is 6.70.